The van der Waals surface area contributed by atoms with E-state index in [0.717, 1.165) is 44.3 Å². The highest BCUT2D eigenvalue weighted by atomic mass is 16.5. The van der Waals surface area contributed by atoms with Gasteiger partial charge in [-0.25, -0.2) is 0 Å². The van der Waals surface area contributed by atoms with E-state index in [2.05, 4.69) is 41.9 Å². The highest BCUT2D eigenvalue weighted by Gasteiger charge is 2.32. The van der Waals surface area contributed by atoms with Crippen LogP contribution in [0, 0.1) is 18.8 Å². The summed E-state index contributed by atoms with van der Waals surface area (Å²) in [5, 5.41) is 8.87. The number of anilines is 1. The maximum Gasteiger partial charge on any atom is 0.104 e. The number of rotatable bonds is 4. The fraction of sp³-hybridized carbons (Fsp3) is 0.667. The fourth-order valence-corrected chi connectivity index (χ4v) is 3.50. The third-order valence-electron chi connectivity index (χ3n) is 4.95. The average molecular weight is 390 g/mol. The normalized spacial score (nSPS) is 21.2. The minimum atomic E-state index is -0.100. The van der Waals surface area contributed by atoms with Gasteiger partial charge in [0.05, 0.1) is 18.3 Å². The molecule has 4 nitrogen and oxygen atoms in total. The molecule has 2 fully saturated rings. The van der Waals surface area contributed by atoms with Crippen LogP contribution < -0.4 is 4.90 Å². The lowest BCUT2D eigenvalue weighted by molar-refractivity contribution is -0.119. The zero-order chi connectivity index (χ0) is 20.9. The number of nitrogens with zero attached hydrogens (tertiary/aromatic N) is 1. The van der Waals surface area contributed by atoms with Crippen LogP contribution in [-0.2, 0) is 9.47 Å². The van der Waals surface area contributed by atoms with Crippen molar-refractivity contribution in [2.75, 3.05) is 31.7 Å². The molecule has 0 atom stereocenters. The van der Waals surface area contributed by atoms with Gasteiger partial charge in [-0.2, -0.15) is 0 Å². The molecular weight excluding hydrogens is 350 g/mol. The lowest BCUT2D eigenvalue weighted by Crippen LogP contribution is -2.43. The number of aryl methyl sites for hydroxylation is 1. The van der Waals surface area contributed by atoms with Crippen molar-refractivity contribution in [2.45, 2.75) is 78.6 Å². The lowest BCUT2D eigenvalue weighted by Gasteiger charge is -2.40. The molecule has 28 heavy (non-hydrogen) atoms. The number of benzene rings is 1. The largest absolute Gasteiger partial charge is 0.384 e. The van der Waals surface area contributed by atoms with Crippen LogP contribution in [-0.4, -0.2) is 50.2 Å². The first-order valence-corrected chi connectivity index (χ1v) is 10.8. The molecule has 0 amide bonds. The molecular formula is C24H39NO3. The van der Waals surface area contributed by atoms with Gasteiger partial charge >= 0.3 is 0 Å². The summed E-state index contributed by atoms with van der Waals surface area (Å²) in [6, 6.07) is 6.39. The van der Waals surface area contributed by atoms with Crippen LogP contribution in [0.3, 0.4) is 0 Å². The molecule has 0 bridgehead atoms. The van der Waals surface area contributed by atoms with Gasteiger partial charge in [-0.1, -0.05) is 39.5 Å². The first-order chi connectivity index (χ1) is 13.7. The Labute approximate surface area is 172 Å². The average Bonchev–Trinajstić information content (AvgIpc) is 2.72. The first-order valence-electron chi connectivity index (χ1n) is 10.8. The summed E-state index contributed by atoms with van der Waals surface area (Å²) in [5.41, 5.74) is 3.39. The minimum Gasteiger partial charge on any atom is -0.384 e. The number of aliphatic hydroxyl groups is 1. The highest BCUT2D eigenvalue weighted by Crippen LogP contribution is 2.30. The molecule has 158 valence electrons. The zero-order valence-electron chi connectivity index (χ0n) is 18.6. The van der Waals surface area contributed by atoms with E-state index in [1.165, 1.54) is 11.3 Å². The highest BCUT2D eigenvalue weighted by molar-refractivity contribution is 5.55. The van der Waals surface area contributed by atoms with E-state index in [0.29, 0.717) is 18.3 Å². The number of hydrogen-bond acceptors (Lipinski definition) is 4. The molecule has 0 unspecified atom stereocenters. The number of methoxy groups -OCH3 is 1. The molecule has 1 heterocycles. The maximum absolute atomic E-state index is 8.87. The van der Waals surface area contributed by atoms with E-state index in [1.807, 2.05) is 27.7 Å². The molecule has 1 aliphatic carbocycles. The Balaban J connectivity index is 0.000000921. The van der Waals surface area contributed by atoms with E-state index in [9.17, 15) is 0 Å². The van der Waals surface area contributed by atoms with Gasteiger partial charge in [0, 0.05) is 31.5 Å². The summed E-state index contributed by atoms with van der Waals surface area (Å²) in [4.78, 5) is 2.41. The molecule has 1 aromatic carbocycles. The molecule has 4 heteroatoms. The van der Waals surface area contributed by atoms with Crippen LogP contribution in [0.4, 0.5) is 5.69 Å². The smallest absolute Gasteiger partial charge is 0.104 e. The number of ether oxygens (including phenoxy) is 2. The van der Waals surface area contributed by atoms with Crippen LogP contribution >= 0.6 is 0 Å². The summed E-state index contributed by atoms with van der Waals surface area (Å²) in [6.45, 7) is 12.0. The number of hydrogen-bond donors (Lipinski definition) is 1. The molecule has 1 saturated carbocycles. The molecule has 0 aromatic heterocycles. The van der Waals surface area contributed by atoms with Crippen LogP contribution in [0.15, 0.2) is 18.2 Å². The van der Waals surface area contributed by atoms with Gasteiger partial charge in [0.25, 0.3) is 0 Å². The topological polar surface area (TPSA) is 41.9 Å². The SMILES string of the molecule is CC.CC.COC1CC(OC2CCN(c3cc(C)cc(C#CCO)c3)CC2)C1. The molecule has 1 N–H and O–H groups in total. The third kappa shape index (κ3) is 7.47. The Kier molecular flexibility index (Phi) is 11.9. The molecule has 1 aliphatic heterocycles. The fourth-order valence-electron chi connectivity index (χ4n) is 3.50. The zero-order valence-corrected chi connectivity index (χ0v) is 18.6. The summed E-state index contributed by atoms with van der Waals surface area (Å²) < 4.78 is 11.5. The summed E-state index contributed by atoms with van der Waals surface area (Å²) in [7, 11) is 1.78. The standard InChI is InChI=1S/C20H27NO3.2C2H6/c1-15-10-16(4-3-9-22)12-17(11-15)21-7-5-18(6-8-21)24-20-13-19(14-20)23-2;2*1-2/h10-12,18-20,22H,5-9,13-14H2,1-2H3;2*1-2H3. The van der Waals surface area contributed by atoms with Crippen molar-refractivity contribution in [3.63, 3.8) is 0 Å². The van der Waals surface area contributed by atoms with Crippen molar-refractivity contribution in [3.8, 4) is 11.8 Å². The minimum absolute atomic E-state index is 0.100. The Morgan fingerprint density at radius 3 is 2.21 bits per heavy atom. The predicted molar refractivity (Wildman–Crippen MR) is 118 cm³/mol. The summed E-state index contributed by atoms with van der Waals surface area (Å²) >= 11 is 0. The Morgan fingerprint density at radius 2 is 1.64 bits per heavy atom. The Morgan fingerprint density at radius 1 is 1.00 bits per heavy atom. The van der Waals surface area contributed by atoms with Crippen LogP contribution in [0.1, 0.15) is 64.5 Å². The van der Waals surface area contributed by atoms with Gasteiger partial charge in [-0.3, -0.25) is 0 Å². The van der Waals surface area contributed by atoms with Gasteiger partial charge in [0.15, 0.2) is 0 Å². The van der Waals surface area contributed by atoms with Crippen LogP contribution in [0.2, 0.25) is 0 Å². The van der Waals surface area contributed by atoms with Gasteiger partial charge in [-0.15, -0.1) is 0 Å². The first kappa shape index (κ1) is 24.5. The van der Waals surface area contributed by atoms with Crippen molar-refractivity contribution >= 4 is 5.69 Å². The van der Waals surface area contributed by atoms with Gasteiger partial charge in [0.1, 0.15) is 6.61 Å². The molecule has 1 aromatic rings. The van der Waals surface area contributed by atoms with Crippen LogP contribution in [0.25, 0.3) is 0 Å². The molecule has 3 rings (SSSR count). The Hall–Kier alpha value is -1.54. The summed E-state index contributed by atoms with van der Waals surface area (Å²) in [6.07, 6.45) is 5.40. The van der Waals surface area contributed by atoms with E-state index in [1.54, 1.807) is 7.11 Å². The van der Waals surface area contributed by atoms with Crippen molar-refractivity contribution in [3.05, 3.63) is 29.3 Å². The van der Waals surface area contributed by atoms with E-state index in [-0.39, 0.29) is 6.61 Å². The van der Waals surface area contributed by atoms with E-state index < -0.39 is 0 Å². The summed E-state index contributed by atoms with van der Waals surface area (Å²) in [5.74, 6) is 5.74. The quantitative estimate of drug-likeness (QED) is 0.767. The van der Waals surface area contributed by atoms with E-state index >= 15 is 0 Å². The second kappa shape index (κ2) is 13.6. The second-order valence-corrected chi connectivity index (χ2v) is 6.79. The molecule has 1 saturated heterocycles. The van der Waals surface area contributed by atoms with Gasteiger partial charge in [0.2, 0.25) is 0 Å². The monoisotopic (exact) mass is 389 g/mol. The van der Waals surface area contributed by atoms with Crippen molar-refractivity contribution in [1.82, 2.24) is 0 Å². The third-order valence-corrected chi connectivity index (χ3v) is 4.95. The molecule has 2 aliphatic rings. The van der Waals surface area contributed by atoms with E-state index in [4.69, 9.17) is 14.6 Å². The second-order valence-electron chi connectivity index (χ2n) is 6.79. The predicted octanol–water partition coefficient (Wildman–Crippen LogP) is 4.55. The van der Waals surface area contributed by atoms with Crippen LogP contribution in [0.5, 0.6) is 0 Å². The van der Waals surface area contributed by atoms with Crippen molar-refractivity contribution in [1.29, 1.82) is 0 Å². The Bertz CT molecular complexity index is 606. The lowest BCUT2D eigenvalue weighted by atomic mass is 9.91. The van der Waals surface area contributed by atoms with Gasteiger partial charge < -0.3 is 19.5 Å². The molecule has 0 spiro atoms. The maximum atomic E-state index is 8.87. The number of aliphatic hydroxyl groups excluding tert-OH is 1. The van der Waals surface area contributed by atoms with Crippen molar-refractivity contribution < 1.29 is 14.6 Å². The number of piperidine rings is 1. The van der Waals surface area contributed by atoms with Crippen molar-refractivity contribution in [2.24, 2.45) is 0 Å². The van der Waals surface area contributed by atoms with Gasteiger partial charge in [-0.05, 0) is 56.4 Å². The molecule has 0 radical (unpaired) electrons.